The van der Waals surface area contributed by atoms with E-state index in [0.717, 1.165) is 0 Å². The molecule has 130 valence electrons. The van der Waals surface area contributed by atoms with E-state index >= 15 is 0 Å². The monoisotopic (exact) mass is 344 g/mol. The van der Waals surface area contributed by atoms with Gasteiger partial charge in [0.05, 0.1) is 33.0 Å². The molecule has 23 heavy (non-hydrogen) atoms. The van der Waals surface area contributed by atoms with Crippen molar-refractivity contribution < 1.29 is 23.8 Å². The van der Waals surface area contributed by atoms with Crippen molar-refractivity contribution in [2.75, 3.05) is 52.7 Å². The summed E-state index contributed by atoms with van der Waals surface area (Å²) in [6.07, 6.45) is 3.29. The van der Waals surface area contributed by atoms with Crippen molar-refractivity contribution in [1.82, 2.24) is 10.2 Å². The molecule has 0 aromatic rings. The number of ether oxygens (including phenoxy) is 3. The van der Waals surface area contributed by atoms with Crippen LogP contribution in [0.5, 0.6) is 0 Å². The SMILES string of the molecule is CCOCCOCCOCCC(=O)NCCN1C(=O)C=CC1=S. The van der Waals surface area contributed by atoms with E-state index in [1.807, 2.05) is 6.92 Å². The van der Waals surface area contributed by atoms with Gasteiger partial charge in [-0.25, -0.2) is 0 Å². The molecule has 1 heterocycles. The molecule has 0 bridgehead atoms. The van der Waals surface area contributed by atoms with Gasteiger partial charge in [-0.05, 0) is 13.0 Å². The Morgan fingerprint density at radius 1 is 1.13 bits per heavy atom. The van der Waals surface area contributed by atoms with Gasteiger partial charge in [-0.15, -0.1) is 0 Å². The van der Waals surface area contributed by atoms with Crippen molar-refractivity contribution in [3.63, 3.8) is 0 Å². The van der Waals surface area contributed by atoms with Crippen LogP contribution in [0.2, 0.25) is 0 Å². The van der Waals surface area contributed by atoms with Crippen molar-refractivity contribution in [2.45, 2.75) is 13.3 Å². The predicted molar refractivity (Wildman–Crippen MR) is 89.2 cm³/mol. The summed E-state index contributed by atoms with van der Waals surface area (Å²) < 4.78 is 15.7. The third kappa shape index (κ3) is 8.75. The fourth-order valence-corrected chi connectivity index (χ4v) is 2.05. The number of carbonyl (C=O) groups is 2. The predicted octanol–water partition coefficient (Wildman–Crippen LogP) is 0.288. The van der Waals surface area contributed by atoms with Crippen LogP contribution in [0.4, 0.5) is 0 Å². The number of rotatable bonds is 13. The van der Waals surface area contributed by atoms with E-state index in [2.05, 4.69) is 5.32 Å². The summed E-state index contributed by atoms with van der Waals surface area (Å²) >= 11 is 5.01. The molecule has 1 N–H and O–H groups in total. The Morgan fingerprint density at radius 3 is 2.39 bits per heavy atom. The van der Waals surface area contributed by atoms with E-state index in [0.29, 0.717) is 57.7 Å². The topological polar surface area (TPSA) is 77.1 Å². The first-order valence-corrected chi connectivity index (χ1v) is 8.09. The molecular weight excluding hydrogens is 320 g/mol. The van der Waals surface area contributed by atoms with Crippen LogP contribution in [0, 0.1) is 0 Å². The van der Waals surface area contributed by atoms with Gasteiger partial charge in [0, 0.05) is 32.2 Å². The molecule has 0 unspecified atom stereocenters. The zero-order valence-corrected chi connectivity index (χ0v) is 14.2. The average molecular weight is 344 g/mol. The minimum atomic E-state index is -0.142. The molecule has 0 aromatic carbocycles. The first-order valence-electron chi connectivity index (χ1n) is 7.68. The maximum absolute atomic E-state index is 11.6. The summed E-state index contributed by atoms with van der Waals surface area (Å²) in [7, 11) is 0. The molecule has 1 aliphatic rings. The van der Waals surface area contributed by atoms with Crippen LogP contribution in [0.15, 0.2) is 12.2 Å². The lowest BCUT2D eigenvalue weighted by Crippen LogP contribution is -2.37. The first kappa shape index (κ1) is 19.7. The van der Waals surface area contributed by atoms with Gasteiger partial charge in [-0.3, -0.25) is 14.5 Å². The fourth-order valence-electron chi connectivity index (χ4n) is 1.80. The molecule has 0 radical (unpaired) electrons. The summed E-state index contributed by atoms with van der Waals surface area (Å²) in [5.41, 5.74) is 0. The smallest absolute Gasteiger partial charge is 0.251 e. The molecule has 0 spiro atoms. The molecule has 0 aromatic heterocycles. The molecule has 7 nitrogen and oxygen atoms in total. The second-order valence-corrected chi connectivity index (χ2v) is 5.10. The molecule has 1 aliphatic heterocycles. The maximum atomic E-state index is 11.6. The maximum Gasteiger partial charge on any atom is 0.251 e. The van der Waals surface area contributed by atoms with E-state index in [1.54, 1.807) is 6.08 Å². The zero-order chi connectivity index (χ0) is 16.9. The number of hydrogen-bond donors (Lipinski definition) is 1. The third-order valence-electron chi connectivity index (χ3n) is 2.98. The van der Waals surface area contributed by atoms with Crippen molar-refractivity contribution in [3.05, 3.63) is 12.2 Å². The number of thiocarbonyl (C=S) groups is 1. The molecule has 0 fully saturated rings. The molecule has 0 atom stereocenters. The highest BCUT2D eigenvalue weighted by atomic mass is 32.1. The lowest BCUT2D eigenvalue weighted by Gasteiger charge is -2.16. The third-order valence-corrected chi connectivity index (χ3v) is 3.34. The molecular formula is C15H24N2O5S. The Balaban J connectivity index is 1.91. The normalized spacial score (nSPS) is 13.9. The van der Waals surface area contributed by atoms with Crippen molar-refractivity contribution in [2.24, 2.45) is 0 Å². The van der Waals surface area contributed by atoms with E-state index in [1.165, 1.54) is 11.0 Å². The minimum absolute atomic E-state index is 0.118. The van der Waals surface area contributed by atoms with E-state index < -0.39 is 0 Å². The number of amides is 2. The van der Waals surface area contributed by atoms with Gasteiger partial charge < -0.3 is 19.5 Å². The lowest BCUT2D eigenvalue weighted by molar-refractivity contribution is -0.124. The highest BCUT2D eigenvalue weighted by Crippen LogP contribution is 2.03. The van der Waals surface area contributed by atoms with Crippen molar-refractivity contribution in [1.29, 1.82) is 0 Å². The van der Waals surface area contributed by atoms with Gasteiger partial charge in [0.1, 0.15) is 4.99 Å². The standard InChI is InChI=1S/C15H24N2O5S/c1-2-20-9-10-22-12-11-21-8-5-13(18)16-6-7-17-14(19)3-4-15(17)23/h3-4H,2,5-12H2,1H3,(H,16,18). The highest BCUT2D eigenvalue weighted by Gasteiger charge is 2.19. The number of nitrogens with zero attached hydrogens (tertiary/aromatic N) is 1. The second-order valence-electron chi connectivity index (χ2n) is 4.68. The van der Waals surface area contributed by atoms with Crippen LogP contribution in [0.3, 0.4) is 0 Å². The highest BCUT2D eigenvalue weighted by molar-refractivity contribution is 7.80. The van der Waals surface area contributed by atoms with Crippen LogP contribution in [-0.2, 0) is 23.8 Å². The Morgan fingerprint density at radius 2 is 1.78 bits per heavy atom. The van der Waals surface area contributed by atoms with Gasteiger partial charge in [-0.2, -0.15) is 0 Å². The summed E-state index contributed by atoms with van der Waals surface area (Å²) in [6.45, 7) is 5.76. The fraction of sp³-hybridized carbons (Fsp3) is 0.667. The van der Waals surface area contributed by atoms with Crippen LogP contribution in [-0.4, -0.2) is 74.4 Å². The largest absolute Gasteiger partial charge is 0.379 e. The van der Waals surface area contributed by atoms with Crippen LogP contribution >= 0.6 is 12.2 Å². The number of hydrogen-bond acceptors (Lipinski definition) is 6. The van der Waals surface area contributed by atoms with Gasteiger partial charge in [0.25, 0.3) is 5.91 Å². The molecule has 0 aliphatic carbocycles. The quantitative estimate of drug-likeness (QED) is 0.382. The Bertz CT molecular complexity index is 410. The van der Waals surface area contributed by atoms with E-state index in [-0.39, 0.29) is 18.2 Å². The Hall–Kier alpha value is -1.35. The van der Waals surface area contributed by atoms with Crippen LogP contribution in [0.1, 0.15) is 13.3 Å². The number of nitrogens with one attached hydrogen (secondary N) is 1. The van der Waals surface area contributed by atoms with E-state index in [4.69, 9.17) is 26.4 Å². The molecule has 8 heteroatoms. The molecule has 0 saturated carbocycles. The van der Waals surface area contributed by atoms with Gasteiger partial charge in [0.15, 0.2) is 0 Å². The summed E-state index contributed by atoms with van der Waals surface area (Å²) in [5, 5.41) is 2.73. The average Bonchev–Trinajstić information content (AvgIpc) is 2.85. The van der Waals surface area contributed by atoms with Gasteiger partial charge in [-0.1, -0.05) is 12.2 Å². The number of carbonyl (C=O) groups excluding carboxylic acids is 2. The molecule has 0 saturated heterocycles. The Kier molecular flexibility index (Phi) is 10.4. The summed E-state index contributed by atoms with van der Waals surface area (Å²) in [6, 6.07) is 0. The van der Waals surface area contributed by atoms with Gasteiger partial charge in [0.2, 0.25) is 5.91 Å². The Labute approximate surface area is 141 Å². The lowest BCUT2D eigenvalue weighted by atomic mass is 10.4. The summed E-state index contributed by atoms with van der Waals surface area (Å²) in [4.78, 5) is 24.9. The summed E-state index contributed by atoms with van der Waals surface area (Å²) in [5.74, 6) is -0.260. The second kappa shape index (κ2) is 12.1. The van der Waals surface area contributed by atoms with E-state index in [9.17, 15) is 9.59 Å². The van der Waals surface area contributed by atoms with Crippen LogP contribution in [0.25, 0.3) is 0 Å². The first-order chi connectivity index (χ1) is 11.1. The van der Waals surface area contributed by atoms with Crippen LogP contribution < -0.4 is 5.32 Å². The van der Waals surface area contributed by atoms with Crippen molar-refractivity contribution in [3.8, 4) is 0 Å². The van der Waals surface area contributed by atoms with Gasteiger partial charge >= 0.3 is 0 Å². The zero-order valence-electron chi connectivity index (χ0n) is 13.4. The molecule has 1 rings (SSSR count). The van der Waals surface area contributed by atoms with Crippen molar-refractivity contribution >= 4 is 29.0 Å². The minimum Gasteiger partial charge on any atom is -0.379 e. The molecule has 2 amide bonds.